The molecular weight excluding hydrogens is 379 g/mol. The maximum absolute atomic E-state index is 12.1. The summed E-state index contributed by atoms with van der Waals surface area (Å²) >= 11 is 0. The van der Waals surface area contributed by atoms with E-state index >= 15 is 0 Å². The van der Waals surface area contributed by atoms with Gasteiger partial charge in [0.1, 0.15) is 18.3 Å². The number of aliphatic hydroxyl groups excluding tert-OH is 3. The third kappa shape index (κ3) is 4.74. The molecule has 5 N–H and O–H groups in total. The number of aromatic nitrogens is 2. The Morgan fingerprint density at radius 2 is 1.96 bits per heavy atom. The van der Waals surface area contributed by atoms with Crippen molar-refractivity contribution in [2.75, 3.05) is 13.2 Å². The van der Waals surface area contributed by atoms with Crippen molar-refractivity contribution in [1.82, 2.24) is 14.9 Å². The highest BCUT2D eigenvalue weighted by atomic mass is 19.4. The number of carbonyl (C=O) groups excluding carboxylic acids is 1. The number of nitrogens with zero attached hydrogens (tertiary/aromatic N) is 1. The average Bonchev–Trinajstić information content (AvgIpc) is 2.87. The molecule has 1 fully saturated rings. The van der Waals surface area contributed by atoms with E-state index in [0.29, 0.717) is 0 Å². The largest absolute Gasteiger partial charge is 0.471 e. The molecule has 0 spiro atoms. The Balaban J connectivity index is 2.09. The number of carbonyl (C=O) groups is 1. The monoisotopic (exact) mass is 397 g/mol. The Hall–Kier alpha value is -2.22. The zero-order valence-corrected chi connectivity index (χ0v) is 13.8. The van der Waals surface area contributed by atoms with Crippen LogP contribution >= 0.6 is 0 Å². The smallest absolute Gasteiger partial charge is 0.394 e. The summed E-state index contributed by atoms with van der Waals surface area (Å²) in [7, 11) is 0. The molecule has 152 valence electrons. The normalized spacial score (nSPS) is 25.6. The highest BCUT2D eigenvalue weighted by Gasteiger charge is 2.43. The summed E-state index contributed by atoms with van der Waals surface area (Å²) in [6.45, 7) is -0.969. The molecular formula is C14H18F3N3O7. The number of H-pyrrole nitrogens is 1. The summed E-state index contributed by atoms with van der Waals surface area (Å²) in [6, 6.07) is 0. The van der Waals surface area contributed by atoms with Crippen molar-refractivity contribution in [3.05, 3.63) is 32.6 Å². The number of aromatic amines is 1. The van der Waals surface area contributed by atoms with E-state index in [4.69, 9.17) is 9.84 Å². The van der Waals surface area contributed by atoms with Gasteiger partial charge in [0.15, 0.2) is 6.23 Å². The molecule has 2 heterocycles. The number of ether oxygens (including phenoxy) is 1. The first kappa shape index (κ1) is 21.1. The highest BCUT2D eigenvalue weighted by molar-refractivity contribution is 5.81. The molecule has 1 aromatic rings. The Labute approximate surface area is 149 Å². The number of halogens is 3. The number of hydrogen-bond acceptors (Lipinski definition) is 7. The van der Waals surface area contributed by atoms with Crippen molar-refractivity contribution in [3.63, 3.8) is 0 Å². The van der Waals surface area contributed by atoms with Gasteiger partial charge in [-0.3, -0.25) is 19.1 Å². The SMILES string of the molecule is O=C(NCCCc1cn(C2OC(CO)C(O)C2O)c(=O)[nH]c1=O)C(F)(F)F. The first-order valence-electron chi connectivity index (χ1n) is 7.88. The number of alkyl halides is 3. The molecule has 10 nitrogen and oxygen atoms in total. The fourth-order valence-corrected chi connectivity index (χ4v) is 2.59. The lowest BCUT2D eigenvalue weighted by atomic mass is 10.1. The molecule has 0 aliphatic carbocycles. The molecule has 0 radical (unpaired) electrons. The van der Waals surface area contributed by atoms with Gasteiger partial charge < -0.3 is 25.4 Å². The van der Waals surface area contributed by atoms with Crippen LogP contribution in [0.15, 0.2) is 15.8 Å². The molecule has 13 heteroatoms. The Morgan fingerprint density at radius 3 is 2.52 bits per heavy atom. The van der Waals surface area contributed by atoms with E-state index in [9.17, 15) is 37.8 Å². The first-order valence-corrected chi connectivity index (χ1v) is 7.88. The lowest BCUT2D eigenvalue weighted by Gasteiger charge is -2.18. The number of rotatable bonds is 6. The third-order valence-corrected chi connectivity index (χ3v) is 4.00. The topological polar surface area (TPSA) is 154 Å². The summed E-state index contributed by atoms with van der Waals surface area (Å²) < 4.78 is 42.3. The number of hydrogen-bond donors (Lipinski definition) is 5. The fourth-order valence-electron chi connectivity index (χ4n) is 2.59. The van der Waals surface area contributed by atoms with Gasteiger partial charge in [-0.2, -0.15) is 13.2 Å². The van der Waals surface area contributed by atoms with Crippen LogP contribution in [0.3, 0.4) is 0 Å². The van der Waals surface area contributed by atoms with Gasteiger partial charge in [-0.25, -0.2) is 4.79 Å². The minimum atomic E-state index is -5.01. The van der Waals surface area contributed by atoms with E-state index in [0.717, 1.165) is 10.8 Å². The van der Waals surface area contributed by atoms with Crippen LogP contribution in [-0.4, -0.2) is 68.4 Å². The highest BCUT2D eigenvalue weighted by Crippen LogP contribution is 2.28. The molecule has 2 rings (SSSR count). The Morgan fingerprint density at radius 1 is 1.30 bits per heavy atom. The summed E-state index contributed by atoms with van der Waals surface area (Å²) in [5.74, 6) is -2.10. The van der Waals surface area contributed by atoms with E-state index in [1.54, 1.807) is 5.32 Å². The van der Waals surface area contributed by atoms with Crippen LogP contribution in [0.1, 0.15) is 18.2 Å². The van der Waals surface area contributed by atoms with Crippen molar-refractivity contribution in [2.45, 2.75) is 43.6 Å². The van der Waals surface area contributed by atoms with Gasteiger partial charge in [0, 0.05) is 18.3 Å². The van der Waals surface area contributed by atoms with Crippen LogP contribution < -0.4 is 16.6 Å². The third-order valence-electron chi connectivity index (χ3n) is 4.00. The van der Waals surface area contributed by atoms with E-state index < -0.39 is 54.5 Å². The molecule has 1 aliphatic heterocycles. The van der Waals surface area contributed by atoms with Crippen LogP contribution in [0, 0.1) is 0 Å². The zero-order valence-electron chi connectivity index (χ0n) is 13.8. The molecule has 0 aromatic carbocycles. The summed E-state index contributed by atoms with van der Waals surface area (Å²) in [6.07, 6.45) is -9.58. The summed E-state index contributed by atoms with van der Waals surface area (Å²) in [4.78, 5) is 36.5. The molecule has 0 bridgehead atoms. The number of aliphatic hydroxyl groups is 3. The van der Waals surface area contributed by atoms with E-state index in [1.807, 2.05) is 4.98 Å². The van der Waals surface area contributed by atoms with Crippen LogP contribution in [-0.2, 0) is 16.0 Å². The lowest BCUT2D eigenvalue weighted by Crippen LogP contribution is -2.39. The summed E-state index contributed by atoms with van der Waals surface area (Å²) in [5, 5.41) is 30.4. The first-order chi connectivity index (χ1) is 12.6. The molecule has 1 amide bonds. The molecule has 1 aromatic heterocycles. The predicted molar refractivity (Wildman–Crippen MR) is 81.7 cm³/mol. The molecule has 4 atom stereocenters. The second-order valence-electron chi connectivity index (χ2n) is 5.91. The van der Waals surface area contributed by atoms with E-state index in [-0.39, 0.29) is 24.9 Å². The van der Waals surface area contributed by atoms with Crippen LogP contribution in [0.4, 0.5) is 13.2 Å². The lowest BCUT2D eigenvalue weighted by molar-refractivity contribution is -0.173. The molecule has 27 heavy (non-hydrogen) atoms. The van der Waals surface area contributed by atoms with Gasteiger partial charge in [0.05, 0.1) is 6.61 Å². The number of amides is 1. The van der Waals surface area contributed by atoms with Crippen molar-refractivity contribution in [3.8, 4) is 0 Å². The maximum atomic E-state index is 12.1. The standard InChI is InChI=1S/C14H18F3N3O7/c15-14(16,17)12(25)18-3-1-2-6-4-20(13(26)19-10(6)24)11-9(23)8(22)7(5-21)27-11/h4,7-9,11,21-23H,1-3,5H2,(H,18,25)(H,19,24,26). The number of nitrogens with one attached hydrogen (secondary N) is 2. The van der Waals surface area contributed by atoms with E-state index in [1.165, 1.54) is 0 Å². The molecule has 4 unspecified atom stereocenters. The van der Waals surface area contributed by atoms with Crippen molar-refractivity contribution in [1.29, 1.82) is 0 Å². The van der Waals surface area contributed by atoms with E-state index in [2.05, 4.69) is 0 Å². The van der Waals surface area contributed by atoms with Gasteiger partial charge >= 0.3 is 17.8 Å². The van der Waals surface area contributed by atoms with Crippen molar-refractivity contribution in [2.24, 2.45) is 0 Å². The fraction of sp³-hybridized carbons (Fsp3) is 0.643. The minimum Gasteiger partial charge on any atom is -0.394 e. The molecule has 1 aliphatic rings. The van der Waals surface area contributed by atoms with Gasteiger partial charge in [-0.05, 0) is 12.8 Å². The predicted octanol–water partition coefficient (Wildman–Crippen LogP) is -2.24. The van der Waals surface area contributed by atoms with Crippen LogP contribution in [0.5, 0.6) is 0 Å². The van der Waals surface area contributed by atoms with Gasteiger partial charge in [-0.1, -0.05) is 0 Å². The summed E-state index contributed by atoms with van der Waals surface area (Å²) in [5.41, 5.74) is -1.73. The zero-order chi connectivity index (χ0) is 20.4. The van der Waals surface area contributed by atoms with Gasteiger partial charge in [-0.15, -0.1) is 0 Å². The van der Waals surface area contributed by atoms with Crippen LogP contribution in [0.25, 0.3) is 0 Å². The quantitative estimate of drug-likeness (QED) is 0.340. The maximum Gasteiger partial charge on any atom is 0.471 e. The van der Waals surface area contributed by atoms with Gasteiger partial charge in [0.2, 0.25) is 0 Å². The Kier molecular flexibility index (Phi) is 6.41. The second kappa shape index (κ2) is 8.21. The Bertz CT molecular complexity index is 791. The minimum absolute atomic E-state index is 0.00593. The molecule has 1 saturated heterocycles. The van der Waals surface area contributed by atoms with Crippen molar-refractivity contribution >= 4 is 5.91 Å². The van der Waals surface area contributed by atoms with Crippen molar-refractivity contribution < 1.29 is 38.0 Å². The second-order valence-corrected chi connectivity index (χ2v) is 5.91. The van der Waals surface area contributed by atoms with Crippen LogP contribution in [0.2, 0.25) is 0 Å². The number of aryl methyl sites for hydroxylation is 1. The van der Waals surface area contributed by atoms with Gasteiger partial charge in [0.25, 0.3) is 5.56 Å². The average molecular weight is 397 g/mol. The molecule has 0 saturated carbocycles.